The molecular weight excluding hydrogens is 384 g/mol. The topological polar surface area (TPSA) is 99.3 Å². The third-order valence-corrected chi connectivity index (χ3v) is 4.96. The molecule has 30 heavy (non-hydrogen) atoms. The fourth-order valence-electron chi connectivity index (χ4n) is 3.43. The Morgan fingerprint density at radius 2 is 2.13 bits per heavy atom. The molecule has 2 rings (SSSR count). The lowest BCUT2D eigenvalue weighted by Crippen LogP contribution is -2.44. The van der Waals surface area contributed by atoms with Crippen LogP contribution in [0.2, 0.25) is 0 Å². The van der Waals surface area contributed by atoms with Gasteiger partial charge in [0.15, 0.2) is 5.96 Å². The number of nitrogens with one attached hydrogen (secondary N) is 2. The molecule has 1 aliphatic rings. The van der Waals surface area contributed by atoms with E-state index >= 15 is 0 Å². The summed E-state index contributed by atoms with van der Waals surface area (Å²) in [7, 11) is 0. The van der Waals surface area contributed by atoms with Crippen molar-refractivity contribution in [1.29, 1.82) is 0 Å². The molecule has 0 spiro atoms. The molecule has 2 atom stereocenters. The van der Waals surface area contributed by atoms with Crippen molar-refractivity contribution in [3.63, 3.8) is 0 Å². The van der Waals surface area contributed by atoms with Crippen LogP contribution >= 0.6 is 0 Å². The van der Waals surface area contributed by atoms with Crippen LogP contribution in [0.3, 0.4) is 0 Å². The number of carbonyl (C=O) groups excluding carboxylic acids is 1. The Morgan fingerprint density at radius 1 is 1.37 bits per heavy atom. The Bertz CT molecular complexity index is 680. The van der Waals surface area contributed by atoms with Gasteiger partial charge in [0, 0.05) is 26.2 Å². The fourth-order valence-corrected chi connectivity index (χ4v) is 3.43. The van der Waals surface area contributed by atoms with Crippen molar-refractivity contribution in [2.75, 3.05) is 32.7 Å². The first kappa shape index (κ1) is 24.1. The Kier molecular flexibility index (Phi) is 8.58. The van der Waals surface area contributed by atoms with Crippen molar-refractivity contribution in [2.45, 2.75) is 65.1 Å². The molecule has 0 aliphatic carbocycles. The van der Waals surface area contributed by atoms with Gasteiger partial charge in [-0.05, 0) is 71.9 Å². The van der Waals surface area contributed by atoms with Gasteiger partial charge in [-0.1, -0.05) is 0 Å². The van der Waals surface area contributed by atoms with Crippen LogP contribution in [0.4, 0.5) is 4.79 Å². The summed E-state index contributed by atoms with van der Waals surface area (Å²) in [6.07, 6.45) is 4.33. The largest absolute Gasteiger partial charge is 0.466 e. The summed E-state index contributed by atoms with van der Waals surface area (Å²) < 4.78 is 10.8. The summed E-state index contributed by atoms with van der Waals surface area (Å²) in [5, 5.41) is 17.1. The summed E-state index contributed by atoms with van der Waals surface area (Å²) in [5.74, 6) is 1.57. The lowest BCUT2D eigenvalue weighted by molar-refractivity contribution is 0.0162. The summed E-state index contributed by atoms with van der Waals surface area (Å²) in [6.45, 7) is 12.5. The number of aliphatic hydroxyl groups is 1. The molecule has 2 unspecified atom stereocenters. The Morgan fingerprint density at radius 3 is 2.77 bits per heavy atom. The van der Waals surface area contributed by atoms with Crippen LogP contribution in [0.25, 0.3) is 0 Å². The molecule has 1 aromatic rings. The SMILES string of the molecule is CCNC(=NCC(C)(O)c1ccco1)NCCC1CCCN(C(=O)OC(C)(C)C)C1. The van der Waals surface area contributed by atoms with E-state index in [1.54, 1.807) is 25.3 Å². The van der Waals surface area contributed by atoms with Crippen molar-refractivity contribution in [3.05, 3.63) is 24.2 Å². The van der Waals surface area contributed by atoms with Crippen LogP contribution < -0.4 is 10.6 Å². The molecule has 1 saturated heterocycles. The molecular formula is C22H38N4O4. The maximum absolute atomic E-state index is 12.3. The van der Waals surface area contributed by atoms with Gasteiger partial charge in [0.2, 0.25) is 0 Å². The van der Waals surface area contributed by atoms with E-state index in [-0.39, 0.29) is 12.6 Å². The molecule has 3 N–H and O–H groups in total. The number of likely N-dealkylation sites (tertiary alicyclic amines) is 1. The Balaban J connectivity index is 1.82. The van der Waals surface area contributed by atoms with Crippen LogP contribution in [0.5, 0.6) is 0 Å². The zero-order valence-electron chi connectivity index (χ0n) is 19.0. The van der Waals surface area contributed by atoms with Crippen molar-refractivity contribution >= 4 is 12.1 Å². The average Bonchev–Trinajstić information content (AvgIpc) is 3.21. The molecule has 0 bridgehead atoms. The van der Waals surface area contributed by atoms with E-state index in [0.29, 0.717) is 17.6 Å². The molecule has 1 amide bonds. The molecule has 0 saturated carbocycles. The zero-order valence-corrected chi connectivity index (χ0v) is 19.0. The molecule has 0 aromatic carbocycles. The highest BCUT2D eigenvalue weighted by atomic mass is 16.6. The zero-order chi connectivity index (χ0) is 22.2. The van der Waals surface area contributed by atoms with E-state index in [0.717, 1.165) is 45.4 Å². The molecule has 1 fully saturated rings. The number of furan rings is 1. The number of hydrogen-bond acceptors (Lipinski definition) is 5. The highest BCUT2D eigenvalue weighted by molar-refractivity contribution is 5.79. The lowest BCUT2D eigenvalue weighted by Gasteiger charge is -2.34. The fraction of sp³-hybridized carbons (Fsp3) is 0.727. The molecule has 170 valence electrons. The number of rotatable bonds is 7. The van der Waals surface area contributed by atoms with Gasteiger partial charge in [0.25, 0.3) is 0 Å². The molecule has 8 heteroatoms. The number of guanidine groups is 1. The lowest BCUT2D eigenvalue weighted by atomic mass is 9.95. The van der Waals surface area contributed by atoms with Crippen LogP contribution in [0.15, 0.2) is 27.8 Å². The third kappa shape index (κ3) is 7.89. The van der Waals surface area contributed by atoms with Crippen LogP contribution in [0, 0.1) is 5.92 Å². The molecule has 1 aliphatic heterocycles. The molecule has 0 radical (unpaired) electrons. The second kappa shape index (κ2) is 10.7. The minimum absolute atomic E-state index is 0.186. The molecule has 1 aromatic heterocycles. The number of ether oxygens (including phenoxy) is 1. The van der Waals surface area contributed by atoms with E-state index in [4.69, 9.17) is 9.15 Å². The Labute approximate surface area is 180 Å². The van der Waals surface area contributed by atoms with Crippen molar-refractivity contribution in [3.8, 4) is 0 Å². The minimum Gasteiger partial charge on any atom is -0.466 e. The number of piperidine rings is 1. The van der Waals surface area contributed by atoms with Gasteiger partial charge < -0.3 is 29.8 Å². The van der Waals surface area contributed by atoms with Crippen LogP contribution in [0.1, 0.15) is 59.6 Å². The van der Waals surface area contributed by atoms with Gasteiger partial charge in [0.05, 0.1) is 12.8 Å². The standard InChI is InChI=1S/C22H38N4O4/c1-6-23-19(25-16-22(5,28)18-10-8-14-29-18)24-12-11-17-9-7-13-26(15-17)20(27)30-21(2,3)4/h8,10,14,17,28H,6-7,9,11-13,15-16H2,1-5H3,(H2,23,24,25). The second-order valence-electron chi connectivity index (χ2n) is 9.10. The highest BCUT2D eigenvalue weighted by Crippen LogP contribution is 2.22. The molecule has 8 nitrogen and oxygen atoms in total. The van der Waals surface area contributed by atoms with E-state index in [1.807, 2.05) is 32.6 Å². The van der Waals surface area contributed by atoms with Crippen LogP contribution in [-0.2, 0) is 10.3 Å². The highest BCUT2D eigenvalue weighted by Gasteiger charge is 2.28. The summed E-state index contributed by atoms with van der Waals surface area (Å²) in [4.78, 5) is 18.7. The number of amides is 1. The van der Waals surface area contributed by atoms with Gasteiger partial charge in [-0.3, -0.25) is 0 Å². The van der Waals surface area contributed by atoms with Gasteiger partial charge in [-0.2, -0.15) is 0 Å². The van der Waals surface area contributed by atoms with E-state index < -0.39 is 11.2 Å². The summed E-state index contributed by atoms with van der Waals surface area (Å²) >= 11 is 0. The minimum atomic E-state index is -1.16. The second-order valence-corrected chi connectivity index (χ2v) is 9.10. The first-order valence-electron chi connectivity index (χ1n) is 10.9. The normalized spacial score (nSPS) is 19.9. The van der Waals surface area contributed by atoms with E-state index in [1.165, 1.54) is 0 Å². The monoisotopic (exact) mass is 422 g/mol. The van der Waals surface area contributed by atoms with Crippen LogP contribution in [-0.4, -0.2) is 60.4 Å². The van der Waals surface area contributed by atoms with E-state index in [9.17, 15) is 9.90 Å². The summed E-state index contributed by atoms with van der Waals surface area (Å²) in [6, 6.07) is 3.50. The average molecular weight is 423 g/mol. The van der Waals surface area contributed by atoms with Gasteiger partial charge >= 0.3 is 6.09 Å². The third-order valence-electron chi connectivity index (χ3n) is 4.96. The Hall–Kier alpha value is -2.22. The predicted octanol–water partition coefficient (Wildman–Crippen LogP) is 3.08. The van der Waals surface area contributed by atoms with Crippen molar-refractivity contribution < 1.29 is 19.1 Å². The summed E-state index contributed by atoms with van der Waals surface area (Å²) in [5.41, 5.74) is -1.64. The van der Waals surface area contributed by atoms with Crippen molar-refractivity contribution in [2.24, 2.45) is 10.9 Å². The quantitative estimate of drug-likeness (QED) is 0.461. The molecule has 2 heterocycles. The van der Waals surface area contributed by atoms with Gasteiger partial charge in [-0.25, -0.2) is 9.79 Å². The van der Waals surface area contributed by atoms with Gasteiger partial charge in [-0.15, -0.1) is 0 Å². The van der Waals surface area contributed by atoms with E-state index in [2.05, 4.69) is 15.6 Å². The first-order chi connectivity index (χ1) is 14.1. The van der Waals surface area contributed by atoms with Gasteiger partial charge in [0.1, 0.15) is 17.0 Å². The number of carbonyl (C=O) groups is 1. The number of hydrogen-bond donors (Lipinski definition) is 3. The first-order valence-corrected chi connectivity index (χ1v) is 10.9. The maximum Gasteiger partial charge on any atom is 0.410 e. The smallest absolute Gasteiger partial charge is 0.410 e. The van der Waals surface area contributed by atoms with Crippen molar-refractivity contribution in [1.82, 2.24) is 15.5 Å². The predicted molar refractivity (Wildman–Crippen MR) is 117 cm³/mol. The number of aliphatic imine (C=N–C) groups is 1. The number of nitrogens with zero attached hydrogens (tertiary/aromatic N) is 2. The maximum atomic E-state index is 12.3.